The number of carbonyl (C=O) groups is 2. The average molecular weight is 282 g/mol. The van der Waals surface area contributed by atoms with Gasteiger partial charge in [0.05, 0.1) is 5.41 Å². The molecule has 0 radical (unpaired) electrons. The van der Waals surface area contributed by atoms with Gasteiger partial charge in [-0.1, -0.05) is 13.8 Å². The molecule has 0 aromatic heterocycles. The molecule has 2 unspecified atom stereocenters. The highest BCUT2D eigenvalue weighted by molar-refractivity contribution is 5.78. The van der Waals surface area contributed by atoms with Crippen molar-refractivity contribution in [1.82, 2.24) is 9.80 Å². The summed E-state index contributed by atoms with van der Waals surface area (Å²) in [6.45, 7) is 8.78. The van der Waals surface area contributed by atoms with Crippen LogP contribution in [0.3, 0.4) is 0 Å². The van der Waals surface area contributed by atoms with Crippen LogP contribution in [0.15, 0.2) is 0 Å². The molecule has 0 spiro atoms. The molecule has 0 aliphatic carbocycles. The Hall–Kier alpha value is -1.26. The molecule has 2 saturated heterocycles. The summed E-state index contributed by atoms with van der Waals surface area (Å²) in [5, 5.41) is 9.33. The molecule has 0 aromatic carbocycles. The molecule has 0 saturated carbocycles. The fourth-order valence-corrected chi connectivity index (χ4v) is 3.28. The van der Waals surface area contributed by atoms with E-state index in [9.17, 15) is 14.7 Å². The van der Waals surface area contributed by atoms with E-state index in [1.54, 1.807) is 11.8 Å². The van der Waals surface area contributed by atoms with Gasteiger partial charge in [0.15, 0.2) is 0 Å². The lowest BCUT2D eigenvalue weighted by atomic mass is 9.82. The van der Waals surface area contributed by atoms with Gasteiger partial charge < -0.3 is 14.9 Å². The van der Waals surface area contributed by atoms with Crippen LogP contribution in [0, 0.1) is 17.3 Å². The third-order valence-corrected chi connectivity index (χ3v) is 4.92. The largest absolute Gasteiger partial charge is 0.481 e. The van der Waals surface area contributed by atoms with E-state index in [1.165, 1.54) is 0 Å². The number of likely N-dealkylation sites (tertiary alicyclic amines) is 2. The summed E-state index contributed by atoms with van der Waals surface area (Å²) in [5.41, 5.74) is -0.787. The molecule has 114 valence electrons. The highest BCUT2D eigenvalue weighted by atomic mass is 16.4. The van der Waals surface area contributed by atoms with Crippen LogP contribution in [0.4, 0.5) is 4.79 Å². The van der Waals surface area contributed by atoms with Gasteiger partial charge in [-0.2, -0.15) is 0 Å². The maximum atomic E-state index is 12.5. The van der Waals surface area contributed by atoms with Crippen molar-refractivity contribution in [3.8, 4) is 0 Å². The van der Waals surface area contributed by atoms with Crippen molar-refractivity contribution in [2.45, 2.75) is 40.0 Å². The first-order chi connectivity index (χ1) is 9.33. The molecule has 20 heavy (non-hydrogen) atoms. The first-order valence-corrected chi connectivity index (χ1v) is 7.61. The van der Waals surface area contributed by atoms with Crippen LogP contribution in [0.2, 0.25) is 0 Å². The Morgan fingerprint density at radius 1 is 1.25 bits per heavy atom. The van der Waals surface area contributed by atoms with Crippen molar-refractivity contribution in [2.75, 3.05) is 26.2 Å². The lowest BCUT2D eigenvalue weighted by Crippen LogP contribution is -2.52. The summed E-state index contributed by atoms with van der Waals surface area (Å²) in [6.07, 6.45) is 2.49. The van der Waals surface area contributed by atoms with Gasteiger partial charge in [-0.15, -0.1) is 0 Å². The molecular weight excluding hydrogens is 256 g/mol. The van der Waals surface area contributed by atoms with E-state index in [0.29, 0.717) is 31.3 Å². The van der Waals surface area contributed by atoms with E-state index in [0.717, 1.165) is 25.9 Å². The standard InChI is InChI=1S/C15H26N2O3/c1-11(2)12-5-8-16(9-12)14(20)17-7-4-6-15(3,10-17)13(18)19/h11-12H,4-10H2,1-3H3,(H,18,19). The SMILES string of the molecule is CC(C)C1CCN(C(=O)N2CCCC(C)(C(=O)O)C2)C1. The number of rotatable bonds is 2. The lowest BCUT2D eigenvalue weighted by Gasteiger charge is -2.39. The summed E-state index contributed by atoms with van der Waals surface area (Å²) < 4.78 is 0. The molecule has 5 heteroatoms. The van der Waals surface area contributed by atoms with Crippen LogP contribution in [-0.2, 0) is 4.79 Å². The zero-order valence-corrected chi connectivity index (χ0v) is 12.8. The minimum Gasteiger partial charge on any atom is -0.481 e. The van der Waals surface area contributed by atoms with Gasteiger partial charge in [0.25, 0.3) is 0 Å². The molecule has 2 amide bonds. The Labute approximate surface area is 120 Å². The van der Waals surface area contributed by atoms with E-state index >= 15 is 0 Å². The number of carboxylic acid groups (broad SMARTS) is 1. The summed E-state index contributed by atoms with van der Waals surface area (Å²) in [6, 6.07) is 0.0281. The fraction of sp³-hybridized carbons (Fsp3) is 0.867. The van der Waals surface area contributed by atoms with Gasteiger partial charge in [0.2, 0.25) is 0 Å². The second-order valence-electron chi connectivity index (χ2n) is 6.91. The normalized spacial score (nSPS) is 30.9. The first kappa shape index (κ1) is 15.1. The highest BCUT2D eigenvalue weighted by Crippen LogP contribution is 2.31. The Bertz CT molecular complexity index is 397. The zero-order valence-electron chi connectivity index (χ0n) is 12.8. The van der Waals surface area contributed by atoms with E-state index in [2.05, 4.69) is 13.8 Å². The number of hydrogen-bond donors (Lipinski definition) is 1. The number of hydrogen-bond acceptors (Lipinski definition) is 2. The van der Waals surface area contributed by atoms with E-state index < -0.39 is 11.4 Å². The summed E-state index contributed by atoms with van der Waals surface area (Å²) >= 11 is 0. The second-order valence-corrected chi connectivity index (χ2v) is 6.91. The van der Waals surface area contributed by atoms with Crippen molar-refractivity contribution >= 4 is 12.0 Å². The minimum absolute atomic E-state index is 0.0281. The summed E-state index contributed by atoms with van der Waals surface area (Å²) in [5.74, 6) is 0.379. The number of carbonyl (C=O) groups excluding carboxylic acids is 1. The number of aliphatic carboxylic acids is 1. The molecular formula is C15H26N2O3. The Morgan fingerprint density at radius 2 is 1.95 bits per heavy atom. The monoisotopic (exact) mass is 282 g/mol. The predicted molar refractivity (Wildman–Crippen MR) is 76.5 cm³/mol. The maximum absolute atomic E-state index is 12.5. The predicted octanol–water partition coefficient (Wildman–Crippen LogP) is 2.27. The van der Waals surface area contributed by atoms with Crippen LogP contribution in [0.25, 0.3) is 0 Å². The van der Waals surface area contributed by atoms with Crippen molar-refractivity contribution in [3.63, 3.8) is 0 Å². The van der Waals surface area contributed by atoms with Crippen LogP contribution in [-0.4, -0.2) is 53.1 Å². The van der Waals surface area contributed by atoms with E-state index in [-0.39, 0.29) is 6.03 Å². The third kappa shape index (κ3) is 2.91. The number of urea groups is 1. The number of amides is 2. The van der Waals surface area contributed by atoms with Crippen molar-refractivity contribution in [1.29, 1.82) is 0 Å². The molecule has 0 aromatic rings. The van der Waals surface area contributed by atoms with Crippen molar-refractivity contribution in [3.05, 3.63) is 0 Å². The fourth-order valence-electron chi connectivity index (χ4n) is 3.28. The highest BCUT2D eigenvalue weighted by Gasteiger charge is 2.41. The van der Waals surface area contributed by atoms with E-state index in [1.807, 2.05) is 4.90 Å². The molecule has 2 atom stereocenters. The Morgan fingerprint density at radius 3 is 2.50 bits per heavy atom. The summed E-state index contributed by atoms with van der Waals surface area (Å²) in [7, 11) is 0. The third-order valence-electron chi connectivity index (χ3n) is 4.92. The van der Waals surface area contributed by atoms with Crippen LogP contribution >= 0.6 is 0 Å². The van der Waals surface area contributed by atoms with Gasteiger partial charge in [-0.05, 0) is 38.0 Å². The molecule has 0 bridgehead atoms. The lowest BCUT2D eigenvalue weighted by molar-refractivity contribution is -0.150. The molecule has 5 nitrogen and oxygen atoms in total. The molecule has 2 aliphatic rings. The minimum atomic E-state index is -0.795. The van der Waals surface area contributed by atoms with Gasteiger partial charge >= 0.3 is 12.0 Å². The van der Waals surface area contributed by atoms with E-state index in [4.69, 9.17) is 0 Å². The van der Waals surface area contributed by atoms with Gasteiger partial charge in [-0.3, -0.25) is 4.79 Å². The molecule has 1 N–H and O–H groups in total. The first-order valence-electron chi connectivity index (χ1n) is 7.61. The molecule has 2 aliphatic heterocycles. The number of nitrogens with zero attached hydrogens (tertiary/aromatic N) is 2. The van der Waals surface area contributed by atoms with Crippen LogP contribution < -0.4 is 0 Å². The van der Waals surface area contributed by atoms with Crippen molar-refractivity contribution < 1.29 is 14.7 Å². The zero-order chi connectivity index (χ0) is 14.9. The van der Waals surface area contributed by atoms with Crippen LogP contribution in [0.1, 0.15) is 40.0 Å². The smallest absolute Gasteiger partial charge is 0.320 e. The van der Waals surface area contributed by atoms with Gasteiger partial charge in [0, 0.05) is 26.2 Å². The van der Waals surface area contributed by atoms with Crippen molar-refractivity contribution in [2.24, 2.45) is 17.3 Å². The second kappa shape index (κ2) is 5.62. The Balaban J connectivity index is 1.98. The Kier molecular flexibility index (Phi) is 4.25. The van der Waals surface area contributed by atoms with Gasteiger partial charge in [-0.25, -0.2) is 4.79 Å². The number of carboxylic acids is 1. The number of piperidine rings is 1. The van der Waals surface area contributed by atoms with Crippen LogP contribution in [0.5, 0.6) is 0 Å². The molecule has 2 heterocycles. The topological polar surface area (TPSA) is 60.9 Å². The molecule has 2 fully saturated rings. The quantitative estimate of drug-likeness (QED) is 0.845. The maximum Gasteiger partial charge on any atom is 0.320 e. The summed E-state index contributed by atoms with van der Waals surface area (Å²) in [4.78, 5) is 27.5. The van der Waals surface area contributed by atoms with Gasteiger partial charge in [0.1, 0.15) is 0 Å². The molecule has 2 rings (SSSR count). The average Bonchev–Trinajstić information content (AvgIpc) is 2.87.